The van der Waals surface area contributed by atoms with E-state index >= 15 is 0 Å². The van der Waals surface area contributed by atoms with Gasteiger partial charge in [-0.2, -0.15) is 0 Å². The molecule has 8 nitrogen and oxygen atoms in total. The Morgan fingerprint density at radius 1 is 1.16 bits per heavy atom. The first-order valence-electron chi connectivity index (χ1n) is 10.4. The van der Waals surface area contributed by atoms with E-state index in [1.807, 2.05) is 6.92 Å². The van der Waals surface area contributed by atoms with Crippen LogP contribution in [0.1, 0.15) is 23.0 Å². The first-order chi connectivity index (χ1) is 15.0. The molecule has 0 aliphatic carbocycles. The van der Waals surface area contributed by atoms with Crippen LogP contribution in [0.15, 0.2) is 52.1 Å². The van der Waals surface area contributed by atoms with E-state index in [1.54, 1.807) is 29.2 Å². The molecular weight excluding hydrogens is 528 g/mol. The second-order valence-corrected chi connectivity index (χ2v) is 7.38. The van der Waals surface area contributed by atoms with Crippen molar-refractivity contribution in [3.8, 4) is 0 Å². The number of nitrogens with zero attached hydrogens (tertiary/aromatic N) is 3. The van der Waals surface area contributed by atoms with Crippen LogP contribution >= 0.6 is 24.0 Å². The van der Waals surface area contributed by atoms with Gasteiger partial charge in [-0.05, 0) is 43.2 Å². The second-order valence-electron chi connectivity index (χ2n) is 7.38. The van der Waals surface area contributed by atoms with E-state index in [1.165, 1.54) is 18.4 Å². The van der Waals surface area contributed by atoms with Crippen molar-refractivity contribution in [2.45, 2.75) is 13.3 Å². The minimum atomic E-state index is -0.499. The van der Waals surface area contributed by atoms with Gasteiger partial charge in [-0.15, -0.1) is 24.0 Å². The third-order valence-corrected chi connectivity index (χ3v) is 5.19. The average Bonchev–Trinajstić information content (AvgIpc) is 3.31. The van der Waals surface area contributed by atoms with Crippen molar-refractivity contribution in [2.24, 2.45) is 16.6 Å². The van der Waals surface area contributed by atoms with Crippen molar-refractivity contribution in [3.63, 3.8) is 0 Å². The minimum Gasteiger partial charge on any atom is -0.459 e. The molecule has 0 bridgehead atoms. The van der Waals surface area contributed by atoms with Gasteiger partial charge in [0, 0.05) is 32.7 Å². The van der Waals surface area contributed by atoms with E-state index in [2.05, 4.69) is 15.2 Å². The lowest BCUT2D eigenvalue weighted by atomic mass is 9.99. The van der Waals surface area contributed by atoms with Crippen molar-refractivity contribution >= 4 is 41.8 Å². The monoisotopic (exact) mass is 557 g/mol. The average molecular weight is 557 g/mol. The normalized spacial score (nSPS) is 15.1. The zero-order chi connectivity index (χ0) is 22.2. The number of nitrogens with two attached hydrogens (primary N) is 1. The number of amides is 2. The predicted molar refractivity (Wildman–Crippen MR) is 130 cm³/mol. The number of piperazine rings is 1. The van der Waals surface area contributed by atoms with Gasteiger partial charge in [0.15, 0.2) is 11.7 Å². The SMILES string of the molecule is CCNC(=NCC(Cc1ccc(F)cc1)C(N)=O)N1CCN(C(=O)c2ccco2)CC1.I. The quantitative estimate of drug-likeness (QED) is 0.309. The standard InChI is InChI=1S/C22H28FN5O3.HI/c1-2-25-22(26-15-17(20(24)29)14-16-5-7-18(23)8-6-16)28-11-9-27(10-12-28)21(30)19-4-3-13-31-19;/h3-8,13,17H,2,9-12,14-15H2,1H3,(H2,24,29)(H,25,26);1H. The van der Waals surface area contributed by atoms with Crippen molar-refractivity contribution in [1.29, 1.82) is 0 Å². The fourth-order valence-corrected chi connectivity index (χ4v) is 3.46. The smallest absolute Gasteiger partial charge is 0.289 e. The molecule has 3 rings (SSSR count). The number of aliphatic imine (C=N–C) groups is 1. The van der Waals surface area contributed by atoms with E-state index in [4.69, 9.17) is 10.2 Å². The highest BCUT2D eigenvalue weighted by Crippen LogP contribution is 2.12. The lowest BCUT2D eigenvalue weighted by Crippen LogP contribution is -2.54. The van der Waals surface area contributed by atoms with Crippen molar-refractivity contribution in [3.05, 3.63) is 59.8 Å². The van der Waals surface area contributed by atoms with Gasteiger partial charge >= 0.3 is 0 Å². The second kappa shape index (κ2) is 12.4. The van der Waals surface area contributed by atoms with Crippen LogP contribution in [0.3, 0.4) is 0 Å². The van der Waals surface area contributed by atoms with Gasteiger partial charge in [-0.1, -0.05) is 12.1 Å². The molecule has 174 valence electrons. The zero-order valence-electron chi connectivity index (χ0n) is 18.0. The van der Waals surface area contributed by atoms with Crippen LogP contribution in [0.25, 0.3) is 0 Å². The first-order valence-corrected chi connectivity index (χ1v) is 10.4. The molecular formula is C22H29FIN5O3. The van der Waals surface area contributed by atoms with Gasteiger partial charge in [0.1, 0.15) is 5.82 Å². The predicted octanol–water partition coefficient (Wildman–Crippen LogP) is 2.10. The van der Waals surface area contributed by atoms with E-state index in [0.717, 1.165) is 5.56 Å². The van der Waals surface area contributed by atoms with Gasteiger partial charge in [-0.3, -0.25) is 14.6 Å². The molecule has 10 heteroatoms. The van der Waals surface area contributed by atoms with Crippen molar-refractivity contribution in [1.82, 2.24) is 15.1 Å². The molecule has 0 radical (unpaired) electrons. The first kappa shape index (κ1) is 25.6. The topological polar surface area (TPSA) is 104 Å². The third-order valence-electron chi connectivity index (χ3n) is 5.19. The van der Waals surface area contributed by atoms with E-state index in [-0.39, 0.29) is 42.2 Å². The van der Waals surface area contributed by atoms with Gasteiger partial charge in [0.25, 0.3) is 5.91 Å². The number of primary amides is 1. The number of rotatable bonds is 7. The van der Waals surface area contributed by atoms with Crippen LogP contribution in [0.4, 0.5) is 4.39 Å². The van der Waals surface area contributed by atoms with E-state index in [0.29, 0.717) is 50.9 Å². The largest absolute Gasteiger partial charge is 0.459 e. The van der Waals surface area contributed by atoms with Crippen LogP contribution in [0.5, 0.6) is 0 Å². The number of hydrogen-bond acceptors (Lipinski definition) is 4. The fraction of sp³-hybridized carbons (Fsp3) is 0.409. The number of nitrogens with one attached hydrogen (secondary N) is 1. The number of carbonyl (C=O) groups is 2. The summed E-state index contributed by atoms with van der Waals surface area (Å²) >= 11 is 0. The minimum absolute atomic E-state index is 0. The molecule has 1 aliphatic rings. The molecule has 2 aromatic rings. The fourth-order valence-electron chi connectivity index (χ4n) is 3.46. The molecule has 0 saturated carbocycles. The molecule has 3 N–H and O–H groups in total. The maximum Gasteiger partial charge on any atom is 0.289 e. The van der Waals surface area contributed by atoms with Crippen molar-refractivity contribution in [2.75, 3.05) is 39.3 Å². The highest BCUT2D eigenvalue weighted by Gasteiger charge is 2.25. The van der Waals surface area contributed by atoms with Gasteiger partial charge < -0.3 is 25.3 Å². The summed E-state index contributed by atoms with van der Waals surface area (Å²) < 4.78 is 18.3. The Labute approximate surface area is 204 Å². The van der Waals surface area contributed by atoms with E-state index in [9.17, 15) is 14.0 Å². The number of guanidine groups is 1. The lowest BCUT2D eigenvalue weighted by Gasteiger charge is -2.36. The Bertz CT molecular complexity index is 897. The lowest BCUT2D eigenvalue weighted by molar-refractivity contribution is -0.121. The number of halogens is 2. The molecule has 1 atom stereocenters. The molecule has 1 saturated heterocycles. The molecule has 1 fully saturated rings. The molecule has 1 aromatic heterocycles. The molecule has 32 heavy (non-hydrogen) atoms. The summed E-state index contributed by atoms with van der Waals surface area (Å²) in [4.78, 5) is 32.8. The highest BCUT2D eigenvalue weighted by atomic mass is 127. The van der Waals surface area contributed by atoms with Crippen LogP contribution in [-0.4, -0.2) is 66.8 Å². The van der Waals surface area contributed by atoms with Crippen molar-refractivity contribution < 1.29 is 18.4 Å². The van der Waals surface area contributed by atoms with Crippen LogP contribution in [-0.2, 0) is 11.2 Å². The Kier molecular flexibility index (Phi) is 9.95. The summed E-state index contributed by atoms with van der Waals surface area (Å²) in [6, 6.07) is 9.38. The Hall–Kier alpha value is -2.63. The molecule has 1 aromatic carbocycles. The Morgan fingerprint density at radius 3 is 2.38 bits per heavy atom. The number of hydrogen-bond donors (Lipinski definition) is 2. The summed E-state index contributed by atoms with van der Waals surface area (Å²) in [7, 11) is 0. The highest BCUT2D eigenvalue weighted by molar-refractivity contribution is 14.0. The van der Waals surface area contributed by atoms with Gasteiger partial charge in [0.2, 0.25) is 5.91 Å². The summed E-state index contributed by atoms with van der Waals surface area (Å²) in [5.74, 6) is -0.382. The molecule has 2 amide bonds. The maximum atomic E-state index is 13.1. The third kappa shape index (κ3) is 6.94. The van der Waals surface area contributed by atoms with Gasteiger partial charge in [-0.25, -0.2) is 4.39 Å². The zero-order valence-corrected chi connectivity index (χ0v) is 20.3. The number of benzene rings is 1. The van der Waals surface area contributed by atoms with Crippen LogP contribution < -0.4 is 11.1 Å². The van der Waals surface area contributed by atoms with E-state index < -0.39 is 11.8 Å². The maximum absolute atomic E-state index is 13.1. The summed E-state index contributed by atoms with van der Waals surface area (Å²) in [5.41, 5.74) is 6.41. The summed E-state index contributed by atoms with van der Waals surface area (Å²) in [6.07, 6.45) is 1.88. The molecule has 1 unspecified atom stereocenters. The van der Waals surface area contributed by atoms with Crippen LogP contribution in [0.2, 0.25) is 0 Å². The Morgan fingerprint density at radius 2 is 1.81 bits per heavy atom. The summed E-state index contributed by atoms with van der Waals surface area (Å²) in [5, 5.41) is 3.24. The number of carbonyl (C=O) groups excluding carboxylic acids is 2. The van der Waals surface area contributed by atoms with Crippen LogP contribution in [0, 0.1) is 11.7 Å². The molecule has 1 aliphatic heterocycles. The van der Waals surface area contributed by atoms with Gasteiger partial charge in [0.05, 0.1) is 18.7 Å². The number of furan rings is 1. The molecule has 0 spiro atoms. The Balaban J connectivity index is 0.00000363. The molecule has 2 heterocycles. The summed E-state index contributed by atoms with van der Waals surface area (Å²) in [6.45, 7) is 5.16.